The summed E-state index contributed by atoms with van der Waals surface area (Å²) in [6.45, 7) is 19.0. The van der Waals surface area contributed by atoms with E-state index in [4.69, 9.17) is 9.47 Å². The second kappa shape index (κ2) is 25.6. The topological polar surface area (TPSA) is 52.6 Å². The first-order valence-corrected chi connectivity index (χ1v) is 17.4. The smallest absolute Gasteiger partial charge is 0.309 e. The molecule has 0 spiro atoms. The fraction of sp³-hybridized carbons (Fsp3) is 0.944. The summed E-state index contributed by atoms with van der Waals surface area (Å²) in [7, 11) is 0. The third-order valence-electron chi connectivity index (χ3n) is 8.34. The molecule has 0 saturated carbocycles. The molecule has 2 unspecified atom stereocenters. The fourth-order valence-electron chi connectivity index (χ4n) is 5.77. The van der Waals surface area contributed by atoms with Gasteiger partial charge in [-0.3, -0.25) is 9.59 Å². The van der Waals surface area contributed by atoms with Crippen molar-refractivity contribution >= 4 is 11.9 Å². The third kappa shape index (κ3) is 22.6. The van der Waals surface area contributed by atoms with Gasteiger partial charge in [0, 0.05) is 6.42 Å². The molecule has 0 N–H and O–H groups in total. The molecular formula is C36H70O4. The molecule has 238 valence electrons. The van der Waals surface area contributed by atoms with E-state index < -0.39 is 0 Å². The molecule has 2 atom stereocenters. The summed E-state index contributed by atoms with van der Waals surface area (Å²) in [5, 5.41) is 0. The van der Waals surface area contributed by atoms with E-state index in [2.05, 4.69) is 55.4 Å². The van der Waals surface area contributed by atoms with Crippen LogP contribution in [0.25, 0.3) is 0 Å². The molecule has 40 heavy (non-hydrogen) atoms. The maximum atomic E-state index is 13.0. The van der Waals surface area contributed by atoms with Crippen molar-refractivity contribution in [1.29, 1.82) is 0 Å². The van der Waals surface area contributed by atoms with Crippen LogP contribution in [-0.4, -0.2) is 25.2 Å². The number of esters is 2. The fourth-order valence-corrected chi connectivity index (χ4v) is 5.77. The Bertz CT molecular complexity index is 596. The van der Waals surface area contributed by atoms with Gasteiger partial charge in [-0.05, 0) is 68.1 Å². The first-order valence-electron chi connectivity index (χ1n) is 17.4. The Morgan fingerprint density at radius 3 is 1.35 bits per heavy atom. The van der Waals surface area contributed by atoms with E-state index in [0.717, 1.165) is 50.9 Å². The van der Waals surface area contributed by atoms with Crippen LogP contribution in [0.5, 0.6) is 0 Å². The zero-order valence-electron chi connectivity index (χ0n) is 28.2. The van der Waals surface area contributed by atoms with Gasteiger partial charge < -0.3 is 9.47 Å². The predicted molar refractivity (Wildman–Crippen MR) is 171 cm³/mol. The summed E-state index contributed by atoms with van der Waals surface area (Å²) < 4.78 is 11.1. The summed E-state index contributed by atoms with van der Waals surface area (Å²) in [6.07, 6.45) is 20.7. The van der Waals surface area contributed by atoms with Gasteiger partial charge in [0.25, 0.3) is 0 Å². The van der Waals surface area contributed by atoms with Crippen LogP contribution in [0.2, 0.25) is 0 Å². The maximum absolute atomic E-state index is 13.0. The summed E-state index contributed by atoms with van der Waals surface area (Å²) in [6, 6.07) is 0. The first kappa shape index (κ1) is 38.9. The maximum Gasteiger partial charge on any atom is 0.309 e. The number of unbranched alkanes of at least 4 members (excludes halogenated alkanes) is 11. The number of carbonyl (C=O) groups excluding carboxylic acids is 2. The Balaban J connectivity index is 3.91. The SMILES string of the molecule is CC(C)CCCCOC(=O)CCCCCCCCCCCCC(C(C)C)C(C(=O)OCCCCC(C)C)C(C)C. The highest BCUT2D eigenvalue weighted by Crippen LogP contribution is 2.33. The van der Waals surface area contributed by atoms with Crippen LogP contribution in [0.4, 0.5) is 0 Å². The van der Waals surface area contributed by atoms with Gasteiger partial charge in [-0.15, -0.1) is 0 Å². The van der Waals surface area contributed by atoms with Gasteiger partial charge in [-0.25, -0.2) is 0 Å². The van der Waals surface area contributed by atoms with Gasteiger partial charge in [0.15, 0.2) is 0 Å². The summed E-state index contributed by atoms with van der Waals surface area (Å²) in [5.41, 5.74) is 0. The molecule has 0 amide bonds. The minimum atomic E-state index is -0.0158. The van der Waals surface area contributed by atoms with E-state index >= 15 is 0 Å². The molecule has 0 aromatic rings. The van der Waals surface area contributed by atoms with Crippen LogP contribution in [0, 0.1) is 35.5 Å². The molecular weight excluding hydrogens is 496 g/mol. The number of hydrogen-bond acceptors (Lipinski definition) is 4. The Labute approximate surface area is 250 Å². The molecule has 0 bridgehead atoms. The molecule has 0 fully saturated rings. The van der Waals surface area contributed by atoms with Gasteiger partial charge >= 0.3 is 11.9 Å². The van der Waals surface area contributed by atoms with Crippen molar-refractivity contribution in [2.75, 3.05) is 13.2 Å². The molecule has 0 aliphatic rings. The molecule has 0 aromatic heterocycles. The third-order valence-corrected chi connectivity index (χ3v) is 8.34. The number of ether oxygens (including phenoxy) is 2. The van der Waals surface area contributed by atoms with Gasteiger partial charge in [-0.1, -0.05) is 126 Å². The number of rotatable bonds is 27. The van der Waals surface area contributed by atoms with Crippen molar-refractivity contribution in [2.45, 2.75) is 171 Å². The molecule has 0 heterocycles. The minimum Gasteiger partial charge on any atom is -0.466 e. The lowest BCUT2D eigenvalue weighted by Crippen LogP contribution is -2.33. The molecule has 0 aliphatic heterocycles. The van der Waals surface area contributed by atoms with Gasteiger partial charge in [0.05, 0.1) is 19.1 Å². The Morgan fingerprint density at radius 1 is 0.475 bits per heavy atom. The molecule has 4 nitrogen and oxygen atoms in total. The molecule has 0 aliphatic carbocycles. The molecule has 0 radical (unpaired) electrons. The number of carbonyl (C=O) groups is 2. The van der Waals surface area contributed by atoms with E-state index in [1.807, 2.05) is 0 Å². The Hall–Kier alpha value is -1.06. The summed E-state index contributed by atoms with van der Waals surface area (Å²) in [5.74, 6) is 2.70. The van der Waals surface area contributed by atoms with E-state index in [1.54, 1.807) is 0 Å². The second-order valence-electron chi connectivity index (χ2n) is 13.9. The van der Waals surface area contributed by atoms with Crippen molar-refractivity contribution < 1.29 is 19.1 Å². The number of hydrogen-bond donors (Lipinski definition) is 0. The Kier molecular flexibility index (Phi) is 25.0. The largest absolute Gasteiger partial charge is 0.466 e. The van der Waals surface area contributed by atoms with Crippen LogP contribution in [0.15, 0.2) is 0 Å². The lowest BCUT2D eigenvalue weighted by atomic mass is 9.74. The highest BCUT2D eigenvalue weighted by molar-refractivity contribution is 5.73. The summed E-state index contributed by atoms with van der Waals surface area (Å²) >= 11 is 0. The zero-order valence-corrected chi connectivity index (χ0v) is 28.2. The van der Waals surface area contributed by atoms with Crippen LogP contribution in [-0.2, 0) is 19.1 Å². The highest BCUT2D eigenvalue weighted by atomic mass is 16.5. The van der Waals surface area contributed by atoms with Gasteiger partial charge in [0.1, 0.15) is 0 Å². The van der Waals surface area contributed by atoms with Crippen molar-refractivity contribution in [3.63, 3.8) is 0 Å². The van der Waals surface area contributed by atoms with Crippen molar-refractivity contribution in [2.24, 2.45) is 35.5 Å². The van der Waals surface area contributed by atoms with E-state index in [0.29, 0.717) is 43.3 Å². The molecule has 0 aromatic carbocycles. The minimum absolute atomic E-state index is 0.0154. The van der Waals surface area contributed by atoms with Crippen LogP contribution >= 0.6 is 0 Å². The van der Waals surface area contributed by atoms with Gasteiger partial charge in [-0.2, -0.15) is 0 Å². The van der Waals surface area contributed by atoms with Crippen molar-refractivity contribution in [3.8, 4) is 0 Å². The quantitative estimate of drug-likeness (QED) is 0.0733. The second-order valence-corrected chi connectivity index (χ2v) is 13.9. The normalized spacial score (nSPS) is 13.4. The van der Waals surface area contributed by atoms with Crippen LogP contribution < -0.4 is 0 Å². The molecule has 4 heteroatoms. The standard InChI is InChI=1S/C36H70O4/c1-29(2)23-19-21-27-39-34(37)26-18-16-14-12-10-9-11-13-15-17-25-33(31(5)6)35(32(7)8)36(38)40-28-22-20-24-30(3)4/h29-33,35H,9-28H2,1-8H3. The summed E-state index contributed by atoms with van der Waals surface area (Å²) in [4.78, 5) is 24.8. The molecule has 0 rings (SSSR count). The van der Waals surface area contributed by atoms with E-state index in [9.17, 15) is 9.59 Å². The Morgan fingerprint density at radius 2 is 0.900 bits per heavy atom. The van der Waals surface area contributed by atoms with Crippen LogP contribution in [0.1, 0.15) is 171 Å². The monoisotopic (exact) mass is 567 g/mol. The average molecular weight is 567 g/mol. The van der Waals surface area contributed by atoms with E-state index in [-0.39, 0.29) is 17.9 Å². The zero-order chi connectivity index (χ0) is 30.2. The highest BCUT2D eigenvalue weighted by Gasteiger charge is 2.33. The first-order chi connectivity index (χ1) is 19.1. The molecule has 0 saturated heterocycles. The van der Waals surface area contributed by atoms with Crippen LogP contribution in [0.3, 0.4) is 0 Å². The van der Waals surface area contributed by atoms with Gasteiger partial charge in [0.2, 0.25) is 0 Å². The van der Waals surface area contributed by atoms with Crippen molar-refractivity contribution in [1.82, 2.24) is 0 Å². The van der Waals surface area contributed by atoms with E-state index in [1.165, 1.54) is 64.2 Å². The average Bonchev–Trinajstić information content (AvgIpc) is 2.87. The van der Waals surface area contributed by atoms with Crippen molar-refractivity contribution in [3.05, 3.63) is 0 Å². The lowest BCUT2D eigenvalue weighted by molar-refractivity contribution is -0.153. The predicted octanol–water partition coefficient (Wildman–Crippen LogP) is 11.0. The lowest BCUT2D eigenvalue weighted by Gasteiger charge is -2.31.